The molecule has 0 aliphatic carbocycles. The predicted octanol–water partition coefficient (Wildman–Crippen LogP) is 4.40. The van der Waals surface area contributed by atoms with E-state index in [0.29, 0.717) is 6.54 Å². The number of halogens is 1. The minimum absolute atomic E-state index is 0.603. The van der Waals surface area contributed by atoms with E-state index < -0.39 is 0 Å². The van der Waals surface area contributed by atoms with Crippen LogP contribution in [0.2, 0.25) is 5.02 Å². The summed E-state index contributed by atoms with van der Waals surface area (Å²) in [5, 5.41) is 0.780. The van der Waals surface area contributed by atoms with E-state index in [0.717, 1.165) is 10.8 Å². The van der Waals surface area contributed by atoms with Crippen LogP contribution in [0.15, 0.2) is 47.4 Å². The lowest BCUT2D eigenvalue weighted by molar-refractivity contribution is 1.06. The van der Waals surface area contributed by atoms with Gasteiger partial charge in [0.05, 0.1) is 0 Å². The zero-order valence-corrected chi connectivity index (χ0v) is 11.9. The second-order valence-electron chi connectivity index (χ2n) is 4.21. The fourth-order valence-electron chi connectivity index (χ4n) is 1.74. The maximum Gasteiger partial charge on any atom is 0.0406 e. The van der Waals surface area contributed by atoms with Gasteiger partial charge in [-0.3, -0.25) is 0 Å². The summed E-state index contributed by atoms with van der Waals surface area (Å²) in [5.74, 6) is 0.971. The molecule has 0 heterocycles. The summed E-state index contributed by atoms with van der Waals surface area (Å²) in [4.78, 5) is 1.24. The minimum Gasteiger partial charge on any atom is -0.326 e. The predicted molar refractivity (Wildman–Crippen MR) is 80.1 cm³/mol. The van der Waals surface area contributed by atoms with Crippen molar-refractivity contribution >= 4 is 23.4 Å². The summed E-state index contributed by atoms with van der Waals surface area (Å²) < 4.78 is 0. The van der Waals surface area contributed by atoms with Crippen molar-refractivity contribution in [3.8, 4) is 0 Å². The monoisotopic (exact) mass is 277 g/mol. The van der Waals surface area contributed by atoms with Gasteiger partial charge in [-0.25, -0.2) is 0 Å². The van der Waals surface area contributed by atoms with E-state index in [1.54, 1.807) is 0 Å². The Morgan fingerprint density at radius 3 is 2.44 bits per heavy atom. The smallest absolute Gasteiger partial charge is 0.0406 e. The van der Waals surface area contributed by atoms with E-state index >= 15 is 0 Å². The summed E-state index contributed by atoms with van der Waals surface area (Å²) >= 11 is 7.69. The normalized spacial score (nSPS) is 10.6. The first-order valence-corrected chi connectivity index (χ1v) is 7.22. The number of hydrogen-bond acceptors (Lipinski definition) is 2. The molecule has 0 atom stereocenters. The van der Waals surface area contributed by atoms with Gasteiger partial charge < -0.3 is 5.73 Å². The second kappa shape index (κ2) is 6.28. The third-order valence-corrected chi connectivity index (χ3v) is 4.16. The Bertz CT molecular complexity index is 523. The van der Waals surface area contributed by atoms with Gasteiger partial charge in [-0.15, -0.1) is 11.8 Å². The van der Waals surface area contributed by atoms with E-state index in [2.05, 4.69) is 37.3 Å². The maximum absolute atomic E-state index is 5.87. The highest BCUT2D eigenvalue weighted by molar-refractivity contribution is 7.98. The topological polar surface area (TPSA) is 26.0 Å². The quantitative estimate of drug-likeness (QED) is 0.839. The molecule has 0 amide bonds. The first-order chi connectivity index (χ1) is 8.69. The fourth-order valence-corrected chi connectivity index (χ4v) is 2.84. The van der Waals surface area contributed by atoms with Crippen LogP contribution in [0, 0.1) is 6.92 Å². The van der Waals surface area contributed by atoms with Gasteiger partial charge >= 0.3 is 0 Å². The molecule has 0 bridgehead atoms. The lowest BCUT2D eigenvalue weighted by Crippen LogP contribution is -1.97. The van der Waals surface area contributed by atoms with Crippen molar-refractivity contribution < 1.29 is 0 Å². The molecule has 1 nitrogen and oxygen atoms in total. The highest BCUT2D eigenvalue weighted by Crippen LogP contribution is 2.25. The molecule has 0 spiro atoms. The van der Waals surface area contributed by atoms with E-state index in [1.165, 1.54) is 21.6 Å². The van der Waals surface area contributed by atoms with Gasteiger partial charge in [0.1, 0.15) is 0 Å². The molecule has 0 aliphatic rings. The van der Waals surface area contributed by atoms with Crippen molar-refractivity contribution in [1.82, 2.24) is 0 Å². The molecule has 0 saturated carbocycles. The molecule has 0 aromatic heterocycles. The van der Waals surface area contributed by atoms with Crippen LogP contribution in [-0.4, -0.2) is 0 Å². The Morgan fingerprint density at radius 2 is 1.83 bits per heavy atom. The van der Waals surface area contributed by atoms with Crippen LogP contribution in [0.1, 0.15) is 16.7 Å². The molecule has 94 valence electrons. The molecule has 2 N–H and O–H groups in total. The van der Waals surface area contributed by atoms with Crippen molar-refractivity contribution in [3.05, 3.63) is 64.2 Å². The Hall–Kier alpha value is -0.960. The van der Waals surface area contributed by atoms with E-state index in [-0.39, 0.29) is 0 Å². The van der Waals surface area contributed by atoms with Gasteiger partial charge in [0.15, 0.2) is 0 Å². The summed E-state index contributed by atoms with van der Waals surface area (Å²) in [6.07, 6.45) is 0. The highest BCUT2D eigenvalue weighted by atomic mass is 35.5. The van der Waals surface area contributed by atoms with Crippen LogP contribution in [0.25, 0.3) is 0 Å². The zero-order chi connectivity index (χ0) is 13.0. The van der Waals surface area contributed by atoms with Crippen molar-refractivity contribution in [2.24, 2.45) is 5.73 Å². The molecule has 0 aliphatic heterocycles. The summed E-state index contributed by atoms with van der Waals surface area (Å²) in [6.45, 7) is 2.74. The number of hydrogen-bond donors (Lipinski definition) is 1. The SMILES string of the molecule is Cc1cc(CN)ccc1CSc1ccc(Cl)cc1. The molecule has 0 unspecified atom stereocenters. The Morgan fingerprint density at radius 1 is 1.11 bits per heavy atom. The van der Waals surface area contributed by atoms with Crippen LogP contribution in [-0.2, 0) is 12.3 Å². The van der Waals surface area contributed by atoms with E-state index in [1.807, 2.05) is 23.9 Å². The third kappa shape index (κ3) is 3.52. The van der Waals surface area contributed by atoms with Gasteiger partial charge in [0, 0.05) is 22.2 Å². The molecule has 18 heavy (non-hydrogen) atoms. The molecule has 2 aromatic rings. The largest absolute Gasteiger partial charge is 0.326 e. The van der Waals surface area contributed by atoms with Gasteiger partial charge in [0.2, 0.25) is 0 Å². The van der Waals surface area contributed by atoms with Gasteiger partial charge in [-0.05, 0) is 47.9 Å². The van der Waals surface area contributed by atoms with Crippen molar-refractivity contribution in [1.29, 1.82) is 0 Å². The van der Waals surface area contributed by atoms with Crippen molar-refractivity contribution in [2.45, 2.75) is 24.1 Å². The number of benzene rings is 2. The molecular formula is C15H16ClNS. The average Bonchev–Trinajstić information content (AvgIpc) is 2.39. The average molecular weight is 278 g/mol. The highest BCUT2D eigenvalue weighted by Gasteiger charge is 2.01. The van der Waals surface area contributed by atoms with Crippen LogP contribution in [0.3, 0.4) is 0 Å². The second-order valence-corrected chi connectivity index (χ2v) is 5.69. The van der Waals surface area contributed by atoms with E-state index in [9.17, 15) is 0 Å². The number of aryl methyl sites for hydroxylation is 1. The van der Waals surface area contributed by atoms with Crippen molar-refractivity contribution in [3.63, 3.8) is 0 Å². The summed E-state index contributed by atoms with van der Waals surface area (Å²) in [5.41, 5.74) is 9.48. The lowest BCUT2D eigenvalue weighted by atomic mass is 10.1. The first kappa shape index (κ1) is 13.5. The fraction of sp³-hybridized carbons (Fsp3) is 0.200. The Kier molecular flexibility index (Phi) is 4.70. The maximum atomic E-state index is 5.87. The molecule has 2 rings (SSSR count). The minimum atomic E-state index is 0.603. The van der Waals surface area contributed by atoms with Gasteiger partial charge in [0.25, 0.3) is 0 Å². The molecule has 2 aromatic carbocycles. The zero-order valence-electron chi connectivity index (χ0n) is 10.3. The molecule has 0 saturated heterocycles. The van der Waals surface area contributed by atoms with Gasteiger partial charge in [-0.1, -0.05) is 29.8 Å². The van der Waals surface area contributed by atoms with Crippen LogP contribution >= 0.6 is 23.4 Å². The van der Waals surface area contributed by atoms with Crippen LogP contribution in [0.5, 0.6) is 0 Å². The number of nitrogens with two attached hydrogens (primary N) is 1. The standard InChI is InChI=1S/C15H16ClNS/c1-11-8-12(9-17)2-3-13(11)10-18-15-6-4-14(16)5-7-15/h2-8H,9-10,17H2,1H3. The van der Waals surface area contributed by atoms with Gasteiger partial charge in [-0.2, -0.15) is 0 Å². The first-order valence-electron chi connectivity index (χ1n) is 5.86. The van der Waals surface area contributed by atoms with Crippen molar-refractivity contribution in [2.75, 3.05) is 0 Å². The lowest BCUT2D eigenvalue weighted by Gasteiger charge is -2.07. The van der Waals surface area contributed by atoms with E-state index in [4.69, 9.17) is 17.3 Å². The Labute approximate surface area is 117 Å². The summed E-state index contributed by atoms with van der Waals surface area (Å²) in [6, 6.07) is 14.4. The molecule has 0 fully saturated rings. The number of rotatable bonds is 4. The third-order valence-electron chi connectivity index (χ3n) is 2.85. The molecule has 3 heteroatoms. The molecular weight excluding hydrogens is 262 g/mol. The molecule has 0 radical (unpaired) electrons. The Balaban J connectivity index is 2.04. The van der Waals surface area contributed by atoms with Crippen LogP contribution < -0.4 is 5.73 Å². The summed E-state index contributed by atoms with van der Waals surface area (Å²) in [7, 11) is 0. The van der Waals surface area contributed by atoms with Crippen LogP contribution in [0.4, 0.5) is 0 Å². The number of thioether (sulfide) groups is 1.